The minimum atomic E-state index is -4.74. The van der Waals surface area contributed by atoms with Crippen LogP contribution in [0.15, 0.2) is 0 Å². The third kappa shape index (κ3) is 6.43. The second-order valence-corrected chi connectivity index (χ2v) is 7.61. The molecule has 0 rings (SSSR count). The van der Waals surface area contributed by atoms with Crippen molar-refractivity contribution in [3.8, 4) is 0 Å². The molecule has 0 aromatic heterocycles. The van der Waals surface area contributed by atoms with Gasteiger partial charge in [-0.25, -0.2) is 0 Å². The van der Waals surface area contributed by atoms with Crippen LogP contribution in [0.1, 0.15) is 12.8 Å². The van der Waals surface area contributed by atoms with Crippen molar-refractivity contribution in [2.45, 2.75) is 18.2 Å². The van der Waals surface area contributed by atoms with Crippen molar-refractivity contribution in [2.75, 3.05) is 20.6 Å². The molecule has 0 aromatic carbocycles. The molecule has 0 fully saturated rings. The Balaban J connectivity index is 4.43. The molecule has 0 bridgehead atoms. The first-order valence-corrected chi connectivity index (χ1v) is 7.66. The highest BCUT2D eigenvalue weighted by molar-refractivity contribution is 7.70. The van der Waals surface area contributed by atoms with E-state index in [0.29, 0.717) is 13.0 Å². The lowest BCUT2D eigenvalue weighted by Crippen LogP contribution is -2.16. The highest BCUT2D eigenvalue weighted by Crippen LogP contribution is 2.61. The molecule has 0 atom stereocenters. The summed E-state index contributed by atoms with van der Waals surface area (Å²) >= 11 is 0. The van der Waals surface area contributed by atoms with Crippen LogP contribution < -0.4 is 0 Å². The van der Waals surface area contributed by atoms with Crippen LogP contribution in [0.3, 0.4) is 0 Å². The summed E-state index contributed by atoms with van der Waals surface area (Å²) in [5.41, 5.74) is 0. The highest BCUT2D eigenvalue weighted by Gasteiger charge is 2.42. The van der Waals surface area contributed by atoms with E-state index < -0.39 is 20.6 Å². The van der Waals surface area contributed by atoms with Gasteiger partial charge < -0.3 is 24.5 Å². The van der Waals surface area contributed by atoms with Crippen LogP contribution in [0.2, 0.25) is 0 Å². The Labute approximate surface area is 88.4 Å². The molecule has 92 valence electrons. The Bertz CT molecular complexity index is 259. The Hall–Kier alpha value is 0.260. The fraction of sp³-hybridized carbons (Fsp3) is 1.00. The Morgan fingerprint density at radius 2 is 1.47 bits per heavy atom. The van der Waals surface area contributed by atoms with Gasteiger partial charge in [0.05, 0.1) is 0 Å². The van der Waals surface area contributed by atoms with E-state index in [2.05, 4.69) is 0 Å². The zero-order valence-corrected chi connectivity index (χ0v) is 10.4. The molecule has 4 N–H and O–H groups in total. The summed E-state index contributed by atoms with van der Waals surface area (Å²) in [6.45, 7) is 0.524. The lowest BCUT2D eigenvalue weighted by atomic mass is 10.3. The maximum Gasteiger partial charge on any atom is 0.340 e. The van der Waals surface area contributed by atoms with Gasteiger partial charge in [-0.2, -0.15) is 0 Å². The van der Waals surface area contributed by atoms with Gasteiger partial charge in [-0.05, 0) is 33.5 Å². The third-order valence-corrected chi connectivity index (χ3v) is 5.72. The maximum absolute atomic E-state index is 10.8. The van der Waals surface area contributed by atoms with Crippen molar-refractivity contribution in [1.82, 2.24) is 4.90 Å². The van der Waals surface area contributed by atoms with E-state index in [4.69, 9.17) is 19.6 Å². The molecule has 0 radical (unpaired) electrons. The van der Waals surface area contributed by atoms with Gasteiger partial charge in [0.2, 0.25) is 0 Å². The molecular weight excluding hydrogens is 244 g/mol. The summed E-state index contributed by atoms with van der Waals surface area (Å²) in [5, 5.41) is -1.87. The summed E-state index contributed by atoms with van der Waals surface area (Å²) in [7, 11) is -5.94. The van der Waals surface area contributed by atoms with Gasteiger partial charge in [-0.1, -0.05) is 0 Å². The van der Waals surface area contributed by atoms with E-state index in [-0.39, 0.29) is 6.42 Å². The standard InChI is InChI=1S/C6H17NO6P2/c1-7(2)5-3-4-6(14(8,9)10)15(11,12)13/h6H,3-5H2,1-2H3,(H2,8,9,10)(H2,11,12,13). The molecule has 0 aliphatic carbocycles. The molecule has 0 saturated carbocycles. The minimum absolute atomic E-state index is 0.188. The van der Waals surface area contributed by atoms with Gasteiger partial charge >= 0.3 is 15.2 Å². The quantitative estimate of drug-likeness (QED) is 0.497. The van der Waals surface area contributed by atoms with E-state index in [0.717, 1.165) is 0 Å². The molecule has 0 amide bonds. The number of nitrogens with zero attached hydrogens (tertiary/aromatic N) is 1. The monoisotopic (exact) mass is 261 g/mol. The van der Waals surface area contributed by atoms with Crippen LogP contribution in [0.4, 0.5) is 0 Å². The van der Waals surface area contributed by atoms with Crippen LogP contribution >= 0.6 is 15.2 Å². The van der Waals surface area contributed by atoms with E-state index in [1.54, 1.807) is 19.0 Å². The molecule has 0 unspecified atom stereocenters. The molecule has 0 spiro atoms. The summed E-state index contributed by atoms with van der Waals surface area (Å²) in [4.78, 5) is 36.9. The van der Waals surface area contributed by atoms with Crippen LogP contribution in [0, 0.1) is 0 Å². The topological polar surface area (TPSA) is 118 Å². The first-order chi connectivity index (χ1) is 6.55. The predicted molar refractivity (Wildman–Crippen MR) is 55.7 cm³/mol. The Morgan fingerprint density at radius 1 is 1.07 bits per heavy atom. The summed E-state index contributed by atoms with van der Waals surface area (Å²) in [6.07, 6.45) is 0.140. The molecule has 7 nitrogen and oxygen atoms in total. The van der Waals surface area contributed by atoms with Gasteiger partial charge in [0.1, 0.15) is 0 Å². The SMILES string of the molecule is CN(C)CCCC(P(=O)(O)O)P(=O)(O)O. The molecule has 0 saturated heterocycles. The van der Waals surface area contributed by atoms with Gasteiger partial charge in [0, 0.05) is 0 Å². The predicted octanol–water partition coefficient (Wildman–Crippen LogP) is 0.00970. The summed E-state index contributed by atoms with van der Waals surface area (Å²) < 4.78 is 21.7. The fourth-order valence-corrected chi connectivity index (χ4v) is 3.73. The molecular formula is C6H17NO6P2. The molecule has 0 heterocycles. The average Bonchev–Trinajstić information content (AvgIpc) is 1.92. The maximum atomic E-state index is 10.8. The van der Waals surface area contributed by atoms with Gasteiger partial charge in [-0.3, -0.25) is 9.13 Å². The normalized spacial score (nSPS) is 13.9. The van der Waals surface area contributed by atoms with E-state index in [1.807, 2.05) is 0 Å². The largest absolute Gasteiger partial charge is 0.340 e. The summed E-state index contributed by atoms with van der Waals surface area (Å²) in [5.74, 6) is 0. The lowest BCUT2D eigenvalue weighted by Gasteiger charge is -2.20. The molecule has 15 heavy (non-hydrogen) atoms. The van der Waals surface area contributed by atoms with E-state index in [9.17, 15) is 9.13 Å². The van der Waals surface area contributed by atoms with E-state index >= 15 is 0 Å². The first kappa shape index (κ1) is 15.3. The molecule has 0 aromatic rings. The number of hydrogen-bond acceptors (Lipinski definition) is 3. The zero-order valence-electron chi connectivity index (χ0n) is 8.65. The Kier molecular flexibility index (Phi) is 5.64. The van der Waals surface area contributed by atoms with Crippen LogP contribution in [0.25, 0.3) is 0 Å². The fourth-order valence-electron chi connectivity index (χ4n) is 1.12. The Morgan fingerprint density at radius 3 is 1.73 bits per heavy atom. The van der Waals surface area contributed by atoms with Gasteiger partial charge in [0.15, 0.2) is 5.40 Å². The molecule has 0 aliphatic heterocycles. The number of rotatable bonds is 6. The van der Waals surface area contributed by atoms with Crippen molar-refractivity contribution in [2.24, 2.45) is 0 Å². The van der Waals surface area contributed by atoms with Crippen LogP contribution in [-0.2, 0) is 9.13 Å². The zero-order chi connectivity index (χ0) is 12.3. The average molecular weight is 261 g/mol. The van der Waals surface area contributed by atoms with Crippen molar-refractivity contribution in [3.63, 3.8) is 0 Å². The molecule has 0 aliphatic rings. The van der Waals surface area contributed by atoms with Crippen LogP contribution in [0.5, 0.6) is 0 Å². The van der Waals surface area contributed by atoms with Crippen molar-refractivity contribution in [1.29, 1.82) is 0 Å². The van der Waals surface area contributed by atoms with Crippen molar-refractivity contribution < 1.29 is 28.7 Å². The second-order valence-electron chi connectivity index (χ2n) is 3.60. The first-order valence-electron chi connectivity index (χ1n) is 4.30. The highest BCUT2D eigenvalue weighted by atomic mass is 31.2. The molecule has 9 heteroatoms. The van der Waals surface area contributed by atoms with Gasteiger partial charge in [-0.15, -0.1) is 0 Å². The smallest absolute Gasteiger partial charge is 0.324 e. The second kappa shape index (κ2) is 5.55. The third-order valence-electron chi connectivity index (χ3n) is 1.84. The summed E-state index contributed by atoms with van der Waals surface area (Å²) in [6, 6.07) is 0. The van der Waals surface area contributed by atoms with Gasteiger partial charge in [0.25, 0.3) is 0 Å². The van der Waals surface area contributed by atoms with Crippen molar-refractivity contribution in [3.05, 3.63) is 0 Å². The number of hydrogen-bond donors (Lipinski definition) is 4. The van der Waals surface area contributed by atoms with Crippen molar-refractivity contribution >= 4 is 15.2 Å². The van der Waals surface area contributed by atoms with E-state index in [1.165, 1.54) is 0 Å². The minimum Gasteiger partial charge on any atom is -0.324 e. The van der Waals surface area contributed by atoms with Crippen LogP contribution in [-0.4, -0.2) is 50.5 Å². The lowest BCUT2D eigenvalue weighted by molar-refractivity contribution is 0.328.